The van der Waals surface area contributed by atoms with Crippen molar-refractivity contribution >= 4 is 22.4 Å². The molecule has 10 heteroatoms. The van der Waals surface area contributed by atoms with E-state index in [0.717, 1.165) is 18.2 Å². The fourth-order valence-electron chi connectivity index (χ4n) is 4.91. The molecule has 2 bridgehead atoms. The zero-order chi connectivity index (χ0) is 24.9. The highest BCUT2D eigenvalue weighted by Gasteiger charge is 2.29. The topological polar surface area (TPSA) is 72.3 Å². The minimum atomic E-state index is -2.91. The summed E-state index contributed by atoms with van der Waals surface area (Å²) in [6, 6.07) is 5.17. The summed E-state index contributed by atoms with van der Waals surface area (Å²) >= 11 is 0. The number of aryl methyl sites for hydroxylation is 1. The highest BCUT2D eigenvalue weighted by Crippen LogP contribution is 2.34. The Balaban J connectivity index is 1.61. The third kappa shape index (κ3) is 4.10. The van der Waals surface area contributed by atoms with Crippen LogP contribution in [0.5, 0.6) is 0 Å². The van der Waals surface area contributed by atoms with Crippen molar-refractivity contribution in [3.8, 4) is 0 Å². The van der Waals surface area contributed by atoms with Crippen LogP contribution in [-0.2, 0) is 11.8 Å². The minimum absolute atomic E-state index is 0.00608. The molecule has 0 aliphatic carbocycles. The zero-order valence-corrected chi connectivity index (χ0v) is 19.6. The van der Waals surface area contributed by atoms with Gasteiger partial charge in [-0.2, -0.15) is 0 Å². The van der Waals surface area contributed by atoms with E-state index in [0.29, 0.717) is 35.4 Å². The second-order valence-corrected chi connectivity index (χ2v) is 9.05. The fourth-order valence-corrected chi connectivity index (χ4v) is 4.91. The molecular formula is C25H26F3N5O2. The summed E-state index contributed by atoms with van der Waals surface area (Å²) in [6.07, 6.45) is 0.907. The molecule has 4 heterocycles. The summed E-state index contributed by atoms with van der Waals surface area (Å²) in [5, 5.41) is 3.94. The van der Waals surface area contributed by atoms with Gasteiger partial charge in [0.15, 0.2) is 0 Å². The van der Waals surface area contributed by atoms with Gasteiger partial charge in [0.25, 0.3) is 12.0 Å². The number of benzene rings is 1. The van der Waals surface area contributed by atoms with Gasteiger partial charge in [0.2, 0.25) is 0 Å². The molecule has 1 fully saturated rings. The van der Waals surface area contributed by atoms with Crippen LogP contribution in [0.25, 0.3) is 16.6 Å². The van der Waals surface area contributed by atoms with Gasteiger partial charge in [-0.1, -0.05) is 24.3 Å². The third-order valence-electron chi connectivity index (χ3n) is 6.91. The van der Waals surface area contributed by atoms with Crippen LogP contribution < -0.4 is 15.8 Å². The van der Waals surface area contributed by atoms with E-state index in [-0.39, 0.29) is 23.3 Å². The highest BCUT2D eigenvalue weighted by atomic mass is 19.3. The van der Waals surface area contributed by atoms with E-state index in [1.54, 1.807) is 32.0 Å². The number of fused-ring (bicyclic) bond motifs is 3. The number of rotatable bonds is 5. The first-order chi connectivity index (χ1) is 16.8. The molecule has 5 rings (SSSR count). The molecule has 3 aromatic rings. The number of alkyl halides is 2. The van der Waals surface area contributed by atoms with Crippen LogP contribution in [0.2, 0.25) is 0 Å². The smallest absolute Gasteiger partial charge is 0.266 e. The molecule has 1 aromatic carbocycles. The summed E-state index contributed by atoms with van der Waals surface area (Å²) in [4.78, 5) is 23.7. The summed E-state index contributed by atoms with van der Waals surface area (Å²) in [6.45, 7) is 3.13. The van der Waals surface area contributed by atoms with Crippen molar-refractivity contribution in [2.45, 2.75) is 38.0 Å². The number of hydrogen-bond donors (Lipinski definition) is 1. The Bertz CT molecular complexity index is 1370. The van der Waals surface area contributed by atoms with Crippen LogP contribution in [0.4, 0.5) is 19.0 Å². The minimum Gasteiger partial charge on any atom is -0.368 e. The number of hydrogen-bond acceptors (Lipinski definition) is 6. The van der Waals surface area contributed by atoms with Gasteiger partial charge in [0, 0.05) is 44.7 Å². The maximum absolute atomic E-state index is 14.9. The van der Waals surface area contributed by atoms with Gasteiger partial charge in [-0.15, -0.1) is 0 Å². The number of nitrogens with zero attached hydrogens (tertiary/aromatic N) is 4. The lowest BCUT2D eigenvalue weighted by Crippen LogP contribution is -2.46. The summed E-state index contributed by atoms with van der Waals surface area (Å²) in [5.74, 6) is -0.462. The number of ether oxygens (including phenoxy) is 1. The molecule has 1 saturated heterocycles. The van der Waals surface area contributed by atoms with E-state index in [4.69, 9.17) is 4.74 Å². The number of pyridine rings is 1. The molecule has 35 heavy (non-hydrogen) atoms. The lowest BCUT2D eigenvalue weighted by Gasteiger charge is -2.34. The van der Waals surface area contributed by atoms with E-state index in [1.165, 1.54) is 23.0 Å². The van der Waals surface area contributed by atoms with Gasteiger partial charge in [-0.25, -0.2) is 23.1 Å². The quantitative estimate of drug-likeness (QED) is 0.594. The standard InChI is InChI=1S/C25H26F3N5O2/c1-13(17-5-4-6-18(21(17)26)22(27)28)32(2)23-20-9-19(25(34)33(3)24(20)31-12-30-23)14-7-15-10-29-11-16(8-14)35-15/h4-7,9,12-13,15-16,22,29H,8,10-11H2,1-3H3/t13-,15+,16-/m1/s1. The van der Waals surface area contributed by atoms with Crippen molar-refractivity contribution in [1.29, 1.82) is 0 Å². The van der Waals surface area contributed by atoms with E-state index >= 15 is 0 Å². The van der Waals surface area contributed by atoms with Crippen molar-refractivity contribution < 1.29 is 17.9 Å². The van der Waals surface area contributed by atoms with Crippen LogP contribution in [0.15, 0.2) is 41.5 Å². The van der Waals surface area contributed by atoms with E-state index in [2.05, 4.69) is 15.3 Å². The van der Waals surface area contributed by atoms with Crippen molar-refractivity contribution in [1.82, 2.24) is 19.9 Å². The Kier molecular flexibility index (Phi) is 6.10. The molecule has 2 aromatic heterocycles. The maximum atomic E-state index is 14.9. The first-order valence-corrected chi connectivity index (χ1v) is 11.5. The second kappa shape index (κ2) is 9.09. The monoisotopic (exact) mass is 485 g/mol. The van der Waals surface area contributed by atoms with Gasteiger partial charge in [-0.3, -0.25) is 9.36 Å². The van der Waals surface area contributed by atoms with Crippen LogP contribution in [0.3, 0.4) is 0 Å². The van der Waals surface area contributed by atoms with Crippen LogP contribution in [-0.4, -0.2) is 46.9 Å². The summed E-state index contributed by atoms with van der Waals surface area (Å²) in [7, 11) is 3.37. The molecule has 2 aliphatic rings. The lowest BCUT2D eigenvalue weighted by molar-refractivity contribution is -0.0158. The molecule has 184 valence electrons. The normalized spacial score (nSPS) is 20.7. The zero-order valence-electron chi connectivity index (χ0n) is 19.6. The number of morpholine rings is 1. The lowest BCUT2D eigenvalue weighted by atomic mass is 9.94. The largest absolute Gasteiger partial charge is 0.368 e. The number of anilines is 1. The molecule has 7 nitrogen and oxygen atoms in total. The fraction of sp³-hybridized carbons (Fsp3) is 0.400. The van der Waals surface area contributed by atoms with Gasteiger partial charge in [-0.05, 0) is 18.6 Å². The molecule has 0 saturated carbocycles. The van der Waals surface area contributed by atoms with Gasteiger partial charge in [0.05, 0.1) is 29.2 Å². The predicted octanol–water partition coefficient (Wildman–Crippen LogP) is 3.75. The second-order valence-electron chi connectivity index (χ2n) is 9.05. The van der Waals surface area contributed by atoms with Crippen LogP contribution in [0.1, 0.15) is 42.5 Å². The molecule has 3 atom stereocenters. The van der Waals surface area contributed by atoms with Gasteiger partial charge >= 0.3 is 0 Å². The molecule has 1 N–H and O–H groups in total. The first-order valence-electron chi connectivity index (χ1n) is 11.5. The average molecular weight is 486 g/mol. The number of aromatic nitrogens is 3. The molecule has 0 amide bonds. The molecular weight excluding hydrogens is 459 g/mol. The molecule has 2 aliphatic heterocycles. The summed E-state index contributed by atoms with van der Waals surface area (Å²) < 4.78 is 48.9. The molecule has 0 spiro atoms. The van der Waals surface area contributed by atoms with E-state index < -0.39 is 23.8 Å². The third-order valence-corrected chi connectivity index (χ3v) is 6.91. The van der Waals surface area contributed by atoms with Crippen molar-refractivity contribution in [3.63, 3.8) is 0 Å². The predicted molar refractivity (Wildman–Crippen MR) is 127 cm³/mol. The van der Waals surface area contributed by atoms with Crippen molar-refractivity contribution in [3.05, 3.63) is 69.5 Å². The van der Waals surface area contributed by atoms with Crippen LogP contribution in [0, 0.1) is 5.82 Å². The Hall–Kier alpha value is -3.24. The Morgan fingerprint density at radius 2 is 2.00 bits per heavy atom. The average Bonchev–Trinajstić information content (AvgIpc) is 2.84. The van der Waals surface area contributed by atoms with Gasteiger partial charge in [0.1, 0.15) is 23.6 Å². The first kappa shape index (κ1) is 23.5. The van der Waals surface area contributed by atoms with Crippen LogP contribution >= 0.6 is 0 Å². The number of halogens is 3. The number of nitrogens with one attached hydrogen (secondary N) is 1. The van der Waals surface area contributed by atoms with E-state index in [1.807, 2.05) is 6.08 Å². The maximum Gasteiger partial charge on any atom is 0.266 e. The molecule has 0 radical (unpaired) electrons. The SMILES string of the molecule is C[C@H](c1cccc(C(F)F)c1F)N(C)c1ncnc2c1cc(C1=C[C@H]3CNC[C@@H](C1)O3)c(=O)n2C. The van der Waals surface area contributed by atoms with Crippen molar-refractivity contribution in [2.24, 2.45) is 7.05 Å². The Morgan fingerprint density at radius 3 is 2.74 bits per heavy atom. The van der Waals surface area contributed by atoms with Crippen molar-refractivity contribution in [2.75, 3.05) is 25.0 Å². The molecule has 0 unspecified atom stereocenters. The summed E-state index contributed by atoms with van der Waals surface area (Å²) in [5.41, 5.74) is 1.22. The Labute approximate surface area is 200 Å². The Morgan fingerprint density at radius 1 is 1.23 bits per heavy atom. The van der Waals surface area contributed by atoms with E-state index in [9.17, 15) is 18.0 Å². The highest BCUT2D eigenvalue weighted by molar-refractivity contribution is 5.90. The van der Waals surface area contributed by atoms with Gasteiger partial charge < -0.3 is 15.0 Å².